The average molecular weight is 212 g/mol. The molecule has 1 amide bonds. The van der Waals surface area contributed by atoms with Gasteiger partial charge in [0.05, 0.1) is 12.3 Å². The predicted octanol–water partition coefficient (Wildman–Crippen LogP) is -0.471. The Morgan fingerprint density at radius 2 is 2.13 bits per heavy atom. The largest absolute Gasteiger partial charge is 0.481 e. The standard InChI is InChI=1S/C10H16N2O3/c13-9(14)3-7-5-12(6-7)10(15)8-1-2-11-4-8/h7-8,11H,1-6H2,(H,13,14). The Morgan fingerprint density at radius 3 is 2.67 bits per heavy atom. The number of rotatable bonds is 3. The van der Waals surface area contributed by atoms with Crippen LogP contribution in [0, 0.1) is 11.8 Å². The number of hydrogen-bond acceptors (Lipinski definition) is 3. The van der Waals surface area contributed by atoms with Gasteiger partial charge in [-0.15, -0.1) is 0 Å². The van der Waals surface area contributed by atoms with Crippen molar-refractivity contribution in [1.82, 2.24) is 10.2 Å². The molecule has 0 aromatic rings. The molecule has 0 radical (unpaired) electrons. The fraction of sp³-hybridized carbons (Fsp3) is 0.800. The molecule has 1 unspecified atom stereocenters. The van der Waals surface area contributed by atoms with Crippen LogP contribution in [0.15, 0.2) is 0 Å². The van der Waals surface area contributed by atoms with Gasteiger partial charge in [-0.3, -0.25) is 9.59 Å². The summed E-state index contributed by atoms with van der Waals surface area (Å²) < 4.78 is 0. The molecule has 0 saturated carbocycles. The topological polar surface area (TPSA) is 69.6 Å². The Bertz CT molecular complexity index is 268. The minimum Gasteiger partial charge on any atom is -0.481 e. The number of carbonyl (C=O) groups is 2. The van der Waals surface area contributed by atoms with Crippen LogP contribution in [0.3, 0.4) is 0 Å². The molecule has 2 aliphatic heterocycles. The molecule has 0 bridgehead atoms. The Hall–Kier alpha value is -1.10. The molecule has 2 rings (SSSR count). The smallest absolute Gasteiger partial charge is 0.303 e. The highest BCUT2D eigenvalue weighted by Crippen LogP contribution is 2.23. The minimum atomic E-state index is -0.769. The van der Waals surface area contributed by atoms with Crippen LogP contribution in [0.25, 0.3) is 0 Å². The Kier molecular flexibility index (Phi) is 2.90. The van der Waals surface area contributed by atoms with E-state index in [9.17, 15) is 9.59 Å². The lowest BCUT2D eigenvalue weighted by Crippen LogP contribution is -2.52. The first-order valence-electron chi connectivity index (χ1n) is 5.38. The number of nitrogens with one attached hydrogen (secondary N) is 1. The van der Waals surface area contributed by atoms with Crippen LogP contribution in [0.1, 0.15) is 12.8 Å². The van der Waals surface area contributed by atoms with E-state index in [1.54, 1.807) is 4.90 Å². The van der Waals surface area contributed by atoms with E-state index in [0.717, 1.165) is 19.5 Å². The number of amides is 1. The summed E-state index contributed by atoms with van der Waals surface area (Å²) >= 11 is 0. The average Bonchev–Trinajstić information content (AvgIpc) is 2.61. The van der Waals surface area contributed by atoms with Gasteiger partial charge in [0.2, 0.25) is 5.91 Å². The van der Waals surface area contributed by atoms with Gasteiger partial charge in [-0.1, -0.05) is 0 Å². The quantitative estimate of drug-likeness (QED) is 0.663. The fourth-order valence-corrected chi connectivity index (χ4v) is 2.25. The van der Waals surface area contributed by atoms with Crippen LogP contribution in [0.2, 0.25) is 0 Å². The van der Waals surface area contributed by atoms with Crippen molar-refractivity contribution in [3.8, 4) is 0 Å². The van der Waals surface area contributed by atoms with E-state index in [1.165, 1.54) is 0 Å². The zero-order valence-electron chi connectivity index (χ0n) is 8.61. The van der Waals surface area contributed by atoms with E-state index in [2.05, 4.69) is 5.32 Å². The second-order valence-corrected chi connectivity index (χ2v) is 4.40. The summed E-state index contributed by atoms with van der Waals surface area (Å²) in [6.45, 7) is 2.95. The van der Waals surface area contributed by atoms with Gasteiger partial charge in [0.1, 0.15) is 0 Å². The lowest BCUT2D eigenvalue weighted by Gasteiger charge is -2.39. The van der Waals surface area contributed by atoms with Gasteiger partial charge in [-0.05, 0) is 13.0 Å². The summed E-state index contributed by atoms with van der Waals surface area (Å²) in [5, 5.41) is 11.7. The van der Waals surface area contributed by atoms with Crippen molar-refractivity contribution in [3.63, 3.8) is 0 Å². The second kappa shape index (κ2) is 4.18. The number of aliphatic carboxylic acids is 1. The molecule has 1 atom stereocenters. The molecule has 2 fully saturated rings. The molecule has 5 heteroatoms. The van der Waals surface area contributed by atoms with E-state index < -0.39 is 5.97 Å². The Labute approximate surface area is 88.4 Å². The monoisotopic (exact) mass is 212 g/mol. The molecule has 2 saturated heterocycles. The van der Waals surface area contributed by atoms with Crippen LogP contribution in [0.5, 0.6) is 0 Å². The van der Waals surface area contributed by atoms with E-state index in [4.69, 9.17) is 5.11 Å². The number of carboxylic acids is 1. The molecule has 0 spiro atoms. The second-order valence-electron chi connectivity index (χ2n) is 4.40. The van der Waals surface area contributed by atoms with Crippen molar-refractivity contribution < 1.29 is 14.7 Å². The third-order valence-electron chi connectivity index (χ3n) is 3.14. The molecule has 0 aliphatic carbocycles. The van der Waals surface area contributed by atoms with Gasteiger partial charge < -0.3 is 15.3 Å². The molecule has 2 N–H and O–H groups in total. The molecule has 0 aromatic carbocycles. The third-order valence-corrected chi connectivity index (χ3v) is 3.14. The molecule has 0 aromatic heterocycles. The normalized spacial score (nSPS) is 26.4. The molecule has 2 heterocycles. The van der Waals surface area contributed by atoms with Gasteiger partial charge in [-0.2, -0.15) is 0 Å². The summed E-state index contributed by atoms with van der Waals surface area (Å²) in [6, 6.07) is 0. The van der Waals surface area contributed by atoms with Crippen LogP contribution in [-0.2, 0) is 9.59 Å². The molecule has 2 aliphatic rings. The van der Waals surface area contributed by atoms with E-state index in [0.29, 0.717) is 13.1 Å². The van der Waals surface area contributed by atoms with Crippen LogP contribution in [0.4, 0.5) is 0 Å². The highest BCUT2D eigenvalue weighted by molar-refractivity contribution is 5.80. The van der Waals surface area contributed by atoms with Crippen LogP contribution in [-0.4, -0.2) is 48.1 Å². The van der Waals surface area contributed by atoms with E-state index >= 15 is 0 Å². The van der Waals surface area contributed by atoms with Gasteiger partial charge in [0.15, 0.2) is 0 Å². The molecule has 84 valence electrons. The molecular formula is C10H16N2O3. The minimum absolute atomic E-state index is 0.121. The highest BCUT2D eigenvalue weighted by atomic mass is 16.4. The molecule has 15 heavy (non-hydrogen) atoms. The predicted molar refractivity (Wildman–Crippen MR) is 53.3 cm³/mol. The van der Waals surface area contributed by atoms with Gasteiger partial charge in [-0.25, -0.2) is 0 Å². The number of carboxylic acid groups (broad SMARTS) is 1. The van der Waals surface area contributed by atoms with Crippen molar-refractivity contribution in [2.45, 2.75) is 12.8 Å². The van der Waals surface area contributed by atoms with E-state index in [1.807, 2.05) is 0 Å². The first-order chi connectivity index (χ1) is 7.16. The van der Waals surface area contributed by atoms with Crippen molar-refractivity contribution in [1.29, 1.82) is 0 Å². The number of carbonyl (C=O) groups excluding carboxylic acids is 1. The summed E-state index contributed by atoms with van der Waals surface area (Å²) in [5.74, 6) is -0.284. The SMILES string of the molecule is O=C(O)CC1CN(C(=O)C2CCNC2)C1. The summed E-state index contributed by atoms with van der Waals surface area (Å²) in [7, 11) is 0. The maximum absolute atomic E-state index is 11.8. The Balaban J connectivity index is 1.74. The Morgan fingerprint density at radius 1 is 1.40 bits per heavy atom. The zero-order chi connectivity index (χ0) is 10.8. The first-order valence-corrected chi connectivity index (χ1v) is 5.38. The van der Waals surface area contributed by atoms with Crippen molar-refractivity contribution >= 4 is 11.9 Å². The number of likely N-dealkylation sites (tertiary alicyclic amines) is 1. The fourth-order valence-electron chi connectivity index (χ4n) is 2.25. The van der Waals surface area contributed by atoms with Gasteiger partial charge >= 0.3 is 5.97 Å². The molecular weight excluding hydrogens is 196 g/mol. The van der Waals surface area contributed by atoms with Crippen molar-refractivity contribution in [2.75, 3.05) is 26.2 Å². The summed E-state index contributed by atoms with van der Waals surface area (Å²) in [4.78, 5) is 24.0. The molecule has 5 nitrogen and oxygen atoms in total. The van der Waals surface area contributed by atoms with Crippen molar-refractivity contribution in [2.24, 2.45) is 11.8 Å². The summed E-state index contributed by atoms with van der Waals surface area (Å²) in [5.41, 5.74) is 0. The maximum Gasteiger partial charge on any atom is 0.303 e. The highest BCUT2D eigenvalue weighted by Gasteiger charge is 2.36. The van der Waals surface area contributed by atoms with Crippen LogP contribution >= 0.6 is 0 Å². The number of nitrogens with zero attached hydrogens (tertiary/aromatic N) is 1. The first kappa shape index (κ1) is 10.4. The lowest BCUT2D eigenvalue weighted by molar-refractivity contribution is -0.147. The maximum atomic E-state index is 11.8. The van der Waals surface area contributed by atoms with Gasteiger partial charge in [0.25, 0.3) is 0 Å². The van der Waals surface area contributed by atoms with Crippen molar-refractivity contribution in [3.05, 3.63) is 0 Å². The summed E-state index contributed by atoms with van der Waals surface area (Å²) in [6.07, 6.45) is 1.10. The lowest BCUT2D eigenvalue weighted by atomic mass is 9.94. The van der Waals surface area contributed by atoms with E-state index in [-0.39, 0.29) is 24.2 Å². The van der Waals surface area contributed by atoms with Crippen LogP contribution < -0.4 is 5.32 Å². The van der Waals surface area contributed by atoms with Gasteiger partial charge in [0, 0.05) is 25.6 Å². The number of hydrogen-bond donors (Lipinski definition) is 2. The zero-order valence-corrected chi connectivity index (χ0v) is 8.61. The third kappa shape index (κ3) is 2.28.